The summed E-state index contributed by atoms with van der Waals surface area (Å²) < 4.78 is 37.5. The summed E-state index contributed by atoms with van der Waals surface area (Å²) in [4.78, 5) is 10.5. The lowest BCUT2D eigenvalue weighted by molar-refractivity contribution is -0.149. The molecule has 16 heavy (non-hydrogen) atoms. The standard InChI is InChI=1S/C9H6BrF3O3/c10-5-3-1-2-4(9(11,12)13)6(5)7(14)8(15)16/h1-3,7,14H,(H,15,16). The third-order valence-electron chi connectivity index (χ3n) is 1.87. The topological polar surface area (TPSA) is 57.5 Å². The zero-order valence-electron chi connectivity index (χ0n) is 7.62. The first-order valence-corrected chi connectivity index (χ1v) is 4.81. The lowest BCUT2D eigenvalue weighted by Crippen LogP contribution is -2.18. The van der Waals surface area contributed by atoms with Crippen LogP contribution in [0.15, 0.2) is 22.7 Å². The summed E-state index contributed by atoms with van der Waals surface area (Å²) in [5, 5.41) is 17.7. The molecule has 0 spiro atoms. The summed E-state index contributed by atoms with van der Waals surface area (Å²) in [6, 6.07) is 3.06. The van der Waals surface area contributed by atoms with Crippen LogP contribution in [-0.2, 0) is 11.0 Å². The molecular weight excluding hydrogens is 293 g/mol. The summed E-state index contributed by atoms with van der Waals surface area (Å²) in [6.45, 7) is 0. The van der Waals surface area contributed by atoms with E-state index in [1.807, 2.05) is 0 Å². The van der Waals surface area contributed by atoms with Gasteiger partial charge in [0.2, 0.25) is 0 Å². The van der Waals surface area contributed by atoms with Gasteiger partial charge in [-0.05, 0) is 12.1 Å². The fraction of sp³-hybridized carbons (Fsp3) is 0.222. The Morgan fingerprint density at radius 2 is 1.94 bits per heavy atom. The van der Waals surface area contributed by atoms with Gasteiger partial charge in [0.25, 0.3) is 0 Å². The molecule has 1 rings (SSSR count). The van der Waals surface area contributed by atoms with Crippen molar-refractivity contribution in [3.8, 4) is 0 Å². The van der Waals surface area contributed by atoms with Crippen molar-refractivity contribution in [3.05, 3.63) is 33.8 Å². The average molecular weight is 299 g/mol. The van der Waals surface area contributed by atoms with Gasteiger partial charge in [-0.1, -0.05) is 22.0 Å². The number of carboxylic acid groups (broad SMARTS) is 1. The van der Waals surface area contributed by atoms with E-state index in [-0.39, 0.29) is 4.47 Å². The zero-order valence-corrected chi connectivity index (χ0v) is 9.21. The van der Waals surface area contributed by atoms with Crippen LogP contribution in [0.3, 0.4) is 0 Å². The van der Waals surface area contributed by atoms with E-state index < -0.39 is 29.4 Å². The predicted molar refractivity (Wildman–Crippen MR) is 51.7 cm³/mol. The molecule has 0 saturated heterocycles. The minimum Gasteiger partial charge on any atom is -0.479 e. The lowest BCUT2D eigenvalue weighted by Gasteiger charge is -2.16. The summed E-state index contributed by atoms with van der Waals surface area (Å²) in [7, 11) is 0. The smallest absolute Gasteiger partial charge is 0.416 e. The van der Waals surface area contributed by atoms with Crippen LogP contribution in [0.25, 0.3) is 0 Å². The molecule has 0 amide bonds. The molecule has 0 heterocycles. The maximum Gasteiger partial charge on any atom is 0.416 e. The predicted octanol–water partition coefficient (Wildman–Crippen LogP) is 2.59. The quantitative estimate of drug-likeness (QED) is 0.882. The molecule has 88 valence electrons. The largest absolute Gasteiger partial charge is 0.479 e. The minimum atomic E-state index is -4.71. The van der Waals surface area contributed by atoms with E-state index in [9.17, 15) is 23.1 Å². The van der Waals surface area contributed by atoms with Gasteiger partial charge < -0.3 is 10.2 Å². The third-order valence-corrected chi connectivity index (χ3v) is 2.56. The molecule has 7 heteroatoms. The van der Waals surface area contributed by atoms with Gasteiger partial charge in [0.05, 0.1) is 5.56 Å². The fourth-order valence-electron chi connectivity index (χ4n) is 1.19. The molecule has 3 nitrogen and oxygen atoms in total. The second-order valence-corrected chi connectivity index (χ2v) is 3.79. The molecule has 0 radical (unpaired) electrons. The Morgan fingerprint density at radius 3 is 2.38 bits per heavy atom. The summed E-state index contributed by atoms with van der Waals surface area (Å²) in [6.07, 6.45) is -6.93. The van der Waals surface area contributed by atoms with Gasteiger partial charge in [-0.2, -0.15) is 13.2 Å². The van der Waals surface area contributed by atoms with Gasteiger partial charge in [0.15, 0.2) is 6.10 Å². The van der Waals surface area contributed by atoms with Gasteiger partial charge in [0, 0.05) is 10.0 Å². The monoisotopic (exact) mass is 298 g/mol. The molecule has 0 aliphatic rings. The molecule has 0 aromatic heterocycles. The maximum atomic E-state index is 12.5. The number of carboxylic acids is 1. The molecule has 1 aromatic rings. The van der Waals surface area contributed by atoms with Crippen LogP contribution in [0.5, 0.6) is 0 Å². The summed E-state index contributed by atoms with van der Waals surface area (Å²) in [5.41, 5.74) is -1.86. The van der Waals surface area contributed by atoms with E-state index in [1.165, 1.54) is 6.07 Å². The first-order chi connectivity index (χ1) is 7.25. The fourth-order valence-corrected chi connectivity index (χ4v) is 1.77. The normalized spacial score (nSPS) is 13.6. The van der Waals surface area contributed by atoms with E-state index in [2.05, 4.69) is 15.9 Å². The van der Waals surface area contributed by atoms with Crippen LogP contribution >= 0.6 is 15.9 Å². The van der Waals surface area contributed by atoms with Crippen LogP contribution in [0, 0.1) is 0 Å². The Bertz CT molecular complexity index is 417. The molecule has 0 fully saturated rings. The number of hydrogen-bond donors (Lipinski definition) is 2. The number of aliphatic carboxylic acids is 1. The minimum absolute atomic E-state index is 0.0998. The first kappa shape index (κ1) is 13.0. The number of alkyl halides is 3. The first-order valence-electron chi connectivity index (χ1n) is 4.01. The molecule has 2 N–H and O–H groups in total. The van der Waals surface area contributed by atoms with Gasteiger partial charge in [-0.3, -0.25) is 0 Å². The van der Waals surface area contributed by atoms with Crippen molar-refractivity contribution in [1.82, 2.24) is 0 Å². The van der Waals surface area contributed by atoms with Crippen molar-refractivity contribution in [1.29, 1.82) is 0 Å². The second-order valence-electron chi connectivity index (χ2n) is 2.94. The summed E-state index contributed by atoms with van der Waals surface area (Å²) >= 11 is 2.79. The number of halogens is 4. The highest BCUT2D eigenvalue weighted by molar-refractivity contribution is 9.10. The molecule has 1 aromatic carbocycles. The third kappa shape index (κ3) is 2.53. The second kappa shape index (κ2) is 4.42. The van der Waals surface area contributed by atoms with E-state index >= 15 is 0 Å². The van der Waals surface area contributed by atoms with Crippen LogP contribution in [0.2, 0.25) is 0 Å². The Hall–Kier alpha value is -1.08. The molecule has 0 bridgehead atoms. The highest BCUT2D eigenvalue weighted by Crippen LogP contribution is 2.38. The number of aliphatic hydroxyl groups excluding tert-OH is 1. The Balaban J connectivity index is 3.41. The van der Waals surface area contributed by atoms with E-state index in [0.717, 1.165) is 6.07 Å². The van der Waals surface area contributed by atoms with Crippen molar-refractivity contribution in [2.24, 2.45) is 0 Å². The summed E-state index contributed by atoms with van der Waals surface area (Å²) in [5.74, 6) is -1.74. The van der Waals surface area contributed by atoms with Crippen molar-refractivity contribution in [3.63, 3.8) is 0 Å². The van der Waals surface area contributed by atoms with Gasteiger partial charge in [0.1, 0.15) is 0 Å². The van der Waals surface area contributed by atoms with Crippen molar-refractivity contribution < 1.29 is 28.2 Å². The van der Waals surface area contributed by atoms with Crippen LogP contribution in [-0.4, -0.2) is 16.2 Å². The molecule has 1 atom stereocenters. The number of hydrogen-bond acceptors (Lipinski definition) is 2. The average Bonchev–Trinajstić information content (AvgIpc) is 2.14. The number of rotatable bonds is 2. The van der Waals surface area contributed by atoms with Gasteiger partial charge >= 0.3 is 12.1 Å². The molecule has 0 saturated carbocycles. The van der Waals surface area contributed by atoms with E-state index in [4.69, 9.17) is 5.11 Å². The zero-order chi connectivity index (χ0) is 12.5. The van der Waals surface area contributed by atoms with Gasteiger partial charge in [-0.25, -0.2) is 4.79 Å². The van der Waals surface area contributed by atoms with Crippen molar-refractivity contribution >= 4 is 21.9 Å². The number of carbonyl (C=O) groups is 1. The SMILES string of the molecule is O=C(O)C(O)c1c(Br)cccc1C(F)(F)F. The lowest BCUT2D eigenvalue weighted by atomic mass is 10.0. The van der Waals surface area contributed by atoms with E-state index in [0.29, 0.717) is 6.07 Å². The van der Waals surface area contributed by atoms with Crippen molar-refractivity contribution in [2.75, 3.05) is 0 Å². The Morgan fingerprint density at radius 1 is 1.38 bits per heavy atom. The van der Waals surface area contributed by atoms with Gasteiger partial charge in [-0.15, -0.1) is 0 Å². The number of aliphatic hydroxyl groups is 1. The molecule has 0 aliphatic carbocycles. The molecular formula is C9H6BrF3O3. The maximum absolute atomic E-state index is 12.5. The van der Waals surface area contributed by atoms with Crippen molar-refractivity contribution in [2.45, 2.75) is 12.3 Å². The highest BCUT2D eigenvalue weighted by Gasteiger charge is 2.37. The highest BCUT2D eigenvalue weighted by atomic mass is 79.9. The van der Waals surface area contributed by atoms with Crippen LogP contribution in [0.1, 0.15) is 17.2 Å². The van der Waals surface area contributed by atoms with Crippen LogP contribution < -0.4 is 0 Å². The molecule has 0 aliphatic heterocycles. The molecule has 1 unspecified atom stereocenters. The Kier molecular flexibility index (Phi) is 3.59. The van der Waals surface area contributed by atoms with Crippen LogP contribution in [0.4, 0.5) is 13.2 Å². The van der Waals surface area contributed by atoms with E-state index in [1.54, 1.807) is 0 Å². The Labute approximate surface area is 96.6 Å². The number of benzene rings is 1.